The number of hydrogen-bond donors (Lipinski definition) is 0. The highest BCUT2D eigenvalue weighted by molar-refractivity contribution is 8.13. The number of methoxy groups -OCH3 is 2. The first kappa shape index (κ1) is 16.9. The Balaban J connectivity index is 2.09. The second-order valence-corrected chi connectivity index (χ2v) is 8.05. The number of hydrogen-bond acceptors (Lipinski definition) is 5. The molecular formula is C14H18ClNO5S. The summed E-state index contributed by atoms with van der Waals surface area (Å²) in [6, 6.07) is 5.37. The third kappa shape index (κ3) is 4.27. The molecule has 2 rings (SSSR count). The second-order valence-electron chi connectivity index (χ2n) is 5.23. The lowest BCUT2D eigenvalue weighted by Crippen LogP contribution is -2.25. The Morgan fingerprint density at radius 3 is 2.64 bits per heavy atom. The zero-order valence-corrected chi connectivity index (χ0v) is 14.0. The van der Waals surface area contributed by atoms with Crippen molar-refractivity contribution in [3.63, 3.8) is 0 Å². The van der Waals surface area contributed by atoms with E-state index in [0.29, 0.717) is 24.6 Å². The van der Waals surface area contributed by atoms with Crippen LogP contribution in [0.3, 0.4) is 0 Å². The number of halogens is 1. The maximum atomic E-state index is 12.0. The average Bonchev–Trinajstić information content (AvgIpc) is 2.76. The summed E-state index contributed by atoms with van der Waals surface area (Å²) in [5.41, 5.74) is 0.839. The maximum Gasteiger partial charge on any atom is 0.232 e. The van der Waals surface area contributed by atoms with E-state index in [-0.39, 0.29) is 24.0 Å². The van der Waals surface area contributed by atoms with Crippen molar-refractivity contribution in [3.05, 3.63) is 23.8 Å². The summed E-state index contributed by atoms with van der Waals surface area (Å²) < 4.78 is 32.7. The minimum Gasteiger partial charge on any atom is -0.497 e. The van der Waals surface area contributed by atoms with Crippen LogP contribution in [0, 0.1) is 5.92 Å². The Morgan fingerprint density at radius 2 is 2.05 bits per heavy atom. The van der Waals surface area contributed by atoms with Gasteiger partial charge in [0.1, 0.15) is 11.5 Å². The van der Waals surface area contributed by atoms with E-state index in [1.165, 1.54) is 0 Å². The third-order valence-electron chi connectivity index (χ3n) is 3.58. The van der Waals surface area contributed by atoms with Crippen LogP contribution in [0.25, 0.3) is 0 Å². The largest absolute Gasteiger partial charge is 0.497 e. The number of rotatable bonds is 6. The summed E-state index contributed by atoms with van der Waals surface area (Å²) in [5, 5.41) is 0. The van der Waals surface area contributed by atoms with Gasteiger partial charge in [-0.05, 0) is 12.1 Å². The first-order valence-corrected chi connectivity index (χ1v) is 9.21. The van der Waals surface area contributed by atoms with E-state index < -0.39 is 9.05 Å². The fourth-order valence-corrected chi connectivity index (χ4v) is 3.91. The van der Waals surface area contributed by atoms with Crippen molar-refractivity contribution in [1.29, 1.82) is 0 Å². The molecule has 122 valence electrons. The van der Waals surface area contributed by atoms with E-state index in [1.54, 1.807) is 31.3 Å². The Kier molecular flexibility index (Phi) is 5.18. The lowest BCUT2D eigenvalue weighted by molar-refractivity contribution is -0.128. The van der Waals surface area contributed by atoms with Crippen molar-refractivity contribution >= 4 is 25.6 Å². The van der Waals surface area contributed by atoms with E-state index in [2.05, 4.69) is 0 Å². The lowest BCUT2D eigenvalue weighted by atomic mass is 10.1. The van der Waals surface area contributed by atoms with Gasteiger partial charge in [0.25, 0.3) is 0 Å². The molecule has 1 aromatic carbocycles. The van der Waals surface area contributed by atoms with Crippen molar-refractivity contribution in [2.75, 3.05) is 26.5 Å². The Labute approximate surface area is 134 Å². The van der Waals surface area contributed by atoms with Gasteiger partial charge in [-0.1, -0.05) is 0 Å². The van der Waals surface area contributed by atoms with E-state index in [9.17, 15) is 13.2 Å². The molecule has 1 saturated heterocycles. The zero-order chi connectivity index (χ0) is 16.3. The van der Waals surface area contributed by atoms with Gasteiger partial charge in [0.2, 0.25) is 15.0 Å². The van der Waals surface area contributed by atoms with E-state index in [0.717, 1.165) is 5.56 Å². The van der Waals surface area contributed by atoms with Gasteiger partial charge in [0.15, 0.2) is 0 Å². The predicted molar refractivity (Wildman–Crippen MR) is 82.7 cm³/mol. The summed E-state index contributed by atoms with van der Waals surface area (Å²) in [6.45, 7) is 0.741. The summed E-state index contributed by atoms with van der Waals surface area (Å²) in [6.07, 6.45) is 0.199. The predicted octanol–water partition coefficient (Wildman–Crippen LogP) is 1.62. The Hall–Kier alpha value is -1.47. The van der Waals surface area contributed by atoms with Crippen LogP contribution in [0.15, 0.2) is 18.2 Å². The number of benzene rings is 1. The number of carbonyl (C=O) groups is 1. The van der Waals surface area contributed by atoms with Crippen LogP contribution in [0.2, 0.25) is 0 Å². The number of ether oxygens (including phenoxy) is 2. The van der Waals surface area contributed by atoms with Crippen LogP contribution >= 0.6 is 10.7 Å². The molecule has 0 spiro atoms. The molecular weight excluding hydrogens is 330 g/mol. The molecule has 0 bridgehead atoms. The first-order chi connectivity index (χ1) is 10.3. The Morgan fingerprint density at radius 1 is 1.32 bits per heavy atom. The molecule has 1 aliphatic heterocycles. The van der Waals surface area contributed by atoms with E-state index >= 15 is 0 Å². The number of amides is 1. The molecule has 0 aromatic heterocycles. The molecule has 1 aromatic rings. The molecule has 6 nitrogen and oxygen atoms in total. The van der Waals surface area contributed by atoms with Crippen molar-refractivity contribution in [2.45, 2.75) is 13.0 Å². The van der Waals surface area contributed by atoms with Crippen molar-refractivity contribution < 1.29 is 22.7 Å². The van der Waals surface area contributed by atoms with Gasteiger partial charge in [0.05, 0.1) is 20.0 Å². The van der Waals surface area contributed by atoms with Crippen LogP contribution < -0.4 is 9.47 Å². The van der Waals surface area contributed by atoms with Crippen LogP contribution in [0.5, 0.6) is 11.5 Å². The molecule has 1 aliphatic rings. The normalized spacial score (nSPS) is 18.6. The van der Waals surface area contributed by atoms with Crippen molar-refractivity contribution in [3.8, 4) is 11.5 Å². The quantitative estimate of drug-likeness (QED) is 0.731. The van der Waals surface area contributed by atoms with Crippen LogP contribution in [0.1, 0.15) is 12.0 Å². The fourth-order valence-electron chi connectivity index (χ4n) is 2.59. The monoisotopic (exact) mass is 347 g/mol. The molecule has 0 N–H and O–H groups in total. The van der Waals surface area contributed by atoms with Crippen LogP contribution in [-0.2, 0) is 20.4 Å². The molecule has 1 unspecified atom stereocenters. The molecule has 1 heterocycles. The lowest BCUT2D eigenvalue weighted by Gasteiger charge is -2.18. The van der Waals surface area contributed by atoms with Crippen LogP contribution in [-0.4, -0.2) is 45.7 Å². The standard InChI is InChI=1S/C14H18ClNO5S/c1-20-12-4-3-11(13(6-12)21-2)8-16-7-10(5-14(16)17)9-22(15,18)19/h3-4,6,10H,5,7-9H2,1-2H3. The van der Waals surface area contributed by atoms with Gasteiger partial charge < -0.3 is 14.4 Å². The smallest absolute Gasteiger partial charge is 0.232 e. The van der Waals surface area contributed by atoms with E-state index in [1.807, 2.05) is 6.07 Å². The molecule has 1 fully saturated rings. The number of nitrogens with zero attached hydrogens (tertiary/aromatic N) is 1. The second kappa shape index (κ2) is 6.75. The van der Waals surface area contributed by atoms with Gasteiger partial charge in [0, 0.05) is 47.7 Å². The SMILES string of the molecule is COc1ccc(CN2CC(CS(=O)(=O)Cl)CC2=O)c(OC)c1. The number of carbonyl (C=O) groups excluding carboxylic acids is 1. The highest BCUT2D eigenvalue weighted by atomic mass is 35.7. The topological polar surface area (TPSA) is 72.9 Å². The molecule has 0 radical (unpaired) electrons. The zero-order valence-electron chi connectivity index (χ0n) is 12.4. The maximum absolute atomic E-state index is 12.0. The van der Waals surface area contributed by atoms with Gasteiger partial charge in [-0.15, -0.1) is 0 Å². The molecule has 1 atom stereocenters. The van der Waals surface area contributed by atoms with Gasteiger partial charge in [-0.2, -0.15) is 0 Å². The minimum absolute atomic E-state index is 0.0804. The third-order valence-corrected chi connectivity index (χ3v) is 4.83. The summed E-state index contributed by atoms with van der Waals surface area (Å²) in [5.74, 6) is 0.763. The van der Waals surface area contributed by atoms with Crippen LogP contribution in [0.4, 0.5) is 0 Å². The minimum atomic E-state index is -3.60. The Bertz CT molecular complexity index is 661. The highest BCUT2D eigenvalue weighted by Gasteiger charge is 2.32. The fraction of sp³-hybridized carbons (Fsp3) is 0.500. The summed E-state index contributed by atoms with van der Waals surface area (Å²) in [4.78, 5) is 13.6. The van der Waals surface area contributed by atoms with Gasteiger partial charge in [-0.25, -0.2) is 8.42 Å². The molecule has 22 heavy (non-hydrogen) atoms. The van der Waals surface area contributed by atoms with Gasteiger partial charge >= 0.3 is 0 Å². The highest BCUT2D eigenvalue weighted by Crippen LogP contribution is 2.28. The molecule has 8 heteroatoms. The summed E-state index contributed by atoms with van der Waals surface area (Å²) in [7, 11) is 4.78. The molecule has 0 saturated carbocycles. The molecule has 0 aliphatic carbocycles. The summed E-state index contributed by atoms with van der Waals surface area (Å²) >= 11 is 0. The number of likely N-dealkylation sites (tertiary alicyclic amines) is 1. The van der Waals surface area contributed by atoms with Gasteiger partial charge in [-0.3, -0.25) is 4.79 Å². The first-order valence-electron chi connectivity index (χ1n) is 6.73. The molecule has 1 amide bonds. The van der Waals surface area contributed by atoms with Crippen molar-refractivity contribution in [1.82, 2.24) is 4.90 Å². The van der Waals surface area contributed by atoms with Crippen molar-refractivity contribution in [2.24, 2.45) is 5.92 Å². The average molecular weight is 348 g/mol. The van der Waals surface area contributed by atoms with E-state index in [4.69, 9.17) is 20.2 Å².